The second-order valence-electron chi connectivity index (χ2n) is 4.11. The van der Waals surface area contributed by atoms with Crippen molar-refractivity contribution in [2.45, 2.75) is 51.2 Å². The first kappa shape index (κ1) is 16.4. The number of aliphatic carboxylic acids is 1. The molecule has 0 aliphatic rings. The van der Waals surface area contributed by atoms with E-state index in [1.165, 1.54) is 0 Å². The Balaban J connectivity index is 4.19. The van der Waals surface area contributed by atoms with Gasteiger partial charge < -0.3 is 21.3 Å². The van der Waals surface area contributed by atoms with Crippen molar-refractivity contribution < 1.29 is 24.6 Å². The maximum absolute atomic E-state index is 11.4. The molecule has 7 nitrogen and oxygen atoms in total. The zero-order chi connectivity index (χ0) is 14.1. The Kier molecular flexibility index (Phi) is 7.69. The number of primary amides is 1. The highest BCUT2D eigenvalue weighted by Gasteiger charge is 2.21. The molecule has 0 rings (SSSR count). The van der Waals surface area contributed by atoms with Crippen molar-refractivity contribution in [2.24, 2.45) is 5.73 Å². The number of amides is 2. The number of hydrogen-bond acceptors (Lipinski definition) is 4. The van der Waals surface area contributed by atoms with Crippen molar-refractivity contribution in [3.05, 3.63) is 0 Å². The first-order valence-corrected chi connectivity index (χ1v) is 5.85. The second-order valence-corrected chi connectivity index (χ2v) is 4.11. The van der Waals surface area contributed by atoms with Crippen molar-refractivity contribution in [2.75, 3.05) is 0 Å². The molecule has 18 heavy (non-hydrogen) atoms. The maximum atomic E-state index is 11.4. The molecule has 0 aliphatic carbocycles. The number of aliphatic hydroxyl groups excluding tert-OH is 1. The number of carbonyl (C=O) groups is 3. The number of aliphatic hydroxyl groups is 1. The minimum atomic E-state index is -1.23. The summed E-state index contributed by atoms with van der Waals surface area (Å²) in [4.78, 5) is 32.8. The summed E-state index contributed by atoms with van der Waals surface area (Å²) in [5, 5.41) is 20.5. The molecule has 0 aromatic heterocycles. The summed E-state index contributed by atoms with van der Waals surface area (Å²) < 4.78 is 0. The molecule has 0 spiro atoms. The molecule has 104 valence electrons. The summed E-state index contributed by atoms with van der Waals surface area (Å²) in [6.45, 7) is 1.87. The summed E-state index contributed by atoms with van der Waals surface area (Å²) >= 11 is 0. The third-order valence-electron chi connectivity index (χ3n) is 2.36. The van der Waals surface area contributed by atoms with Gasteiger partial charge in [-0.1, -0.05) is 13.3 Å². The van der Waals surface area contributed by atoms with Gasteiger partial charge in [-0.15, -0.1) is 0 Å². The molecular formula is C11H20N2O5. The van der Waals surface area contributed by atoms with Gasteiger partial charge in [-0.2, -0.15) is 0 Å². The summed E-state index contributed by atoms with van der Waals surface area (Å²) in [5.74, 6) is -2.40. The maximum Gasteiger partial charge on any atom is 0.326 e. The van der Waals surface area contributed by atoms with E-state index in [9.17, 15) is 19.5 Å². The van der Waals surface area contributed by atoms with Gasteiger partial charge in [0.15, 0.2) is 0 Å². The monoisotopic (exact) mass is 260 g/mol. The Morgan fingerprint density at radius 1 is 1.28 bits per heavy atom. The molecule has 7 heteroatoms. The number of rotatable bonds is 9. The molecule has 0 saturated heterocycles. The quantitative estimate of drug-likeness (QED) is 0.438. The van der Waals surface area contributed by atoms with Gasteiger partial charge in [0.05, 0.1) is 12.5 Å². The summed E-state index contributed by atoms with van der Waals surface area (Å²) in [6.07, 6.45) is 0.120. The van der Waals surface area contributed by atoms with Crippen molar-refractivity contribution in [3.8, 4) is 0 Å². The molecule has 2 amide bonds. The zero-order valence-corrected chi connectivity index (χ0v) is 10.4. The first-order valence-electron chi connectivity index (χ1n) is 5.85. The third-order valence-corrected chi connectivity index (χ3v) is 2.36. The highest BCUT2D eigenvalue weighted by Crippen LogP contribution is 2.03. The lowest BCUT2D eigenvalue weighted by molar-refractivity contribution is -0.142. The summed E-state index contributed by atoms with van der Waals surface area (Å²) in [7, 11) is 0. The lowest BCUT2D eigenvalue weighted by atomic mass is 10.1. The van der Waals surface area contributed by atoms with E-state index < -0.39 is 29.9 Å². The Bertz CT molecular complexity index is 306. The molecule has 0 saturated carbocycles. The molecule has 5 N–H and O–H groups in total. The zero-order valence-electron chi connectivity index (χ0n) is 10.4. The van der Waals surface area contributed by atoms with E-state index in [-0.39, 0.29) is 19.3 Å². The standard InChI is InChI=1S/C11H20N2O5/c1-2-3-7(14)6-10(16)13-8(11(17)18)4-5-9(12)15/h7-8,14H,2-6H2,1H3,(H2,12,15)(H,13,16)(H,17,18). The van der Waals surface area contributed by atoms with Crippen molar-refractivity contribution in [1.82, 2.24) is 5.32 Å². The van der Waals surface area contributed by atoms with E-state index in [4.69, 9.17) is 10.8 Å². The molecule has 0 bridgehead atoms. The lowest BCUT2D eigenvalue weighted by Gasteiger charge is -2.15. The van der Waals surface area contributed by atoms with Gasteiger partial charge >= 0.3 is 5.97 Å². The molecular weight excluding hydrogens is 240 g/mol. The van der Waals surface area contributed by atoms with Crippen LogP contribution in [0.1, 0.15) is 39.0 Å². The summed E-state index contributed by atoms with van der Waals surface area (Å²) in [5.41, 5.74) is 4.91. The Morgan fingerprint density at radius 2 is 1.89 bits per heavy atom. The van der Waals surface area contributed by atoms with E-state index in [0.717, 1.165) is 6.42 Å². The second kappa shape index (κ2) is 8.46. The number of carbonyl (C=O) groups excluding carboxylic acids is 2. The molecule has 0 fully saturated rings. The van der Waals surface area contributed by atoms with E-state index in [1.54, 1.807) is 0 Å². The van der Waals surface area contributed by atoms with Crippen LogP contribution in [0, 0.1) is 0 Å². The van der Waals surface area contributed by atoms with Crippen LogP contribution in [0.3, 0.4) is 0 Å². The van der Waals surface area contributed by atoms with E-state index in [2.05, 4.69) is 5.32 Å². The van der Waals surface area contributed by atoms with Crippen molar-refractivity contribution >= 4 is 17.8 Å². The van der Waals surface area contributed by atoms with Crippen molar-refractivity contribution in [3.63, 3.8) is 0 Å². The molecule has 0 aliphatic heterocycles. The molecule has 0 radical (unpaired) electrons. The Hall–Kier alpha value is -1.63. The van der Waals surface area contributed by atoms with Crippen LogP contribution in [0.15, 0.2) is 0 Å². The SMILES string of the molecule is CCCC(O)CC(=O)NC(CCC(N)=O)C(=O)O. The molecule has 0 aromatic carbocycles. The predicted molar refractivity (Wildman–Crippen MR) is 63.5 cm³/mol. The van der Waals surface area contributed by atoms with Crippen LogP contribution in [0.4, 0.5) is 0 Å². The van der Waals surface area contributed by atoms with Gasteiger partial charge in [0.25, 0.3) is 0 Å². The highest BCUT2D eigenvalue weighted by atomic mass is 16.4. The van der Waals surface area contributed by atoms with Crippen molar-refractivity contribution in [1.29, 1.82) is 0 Å². The number of hydrogen-bond donors (Lipinski definition) is 4. The van der Waals surface area contributed by atoms with Crippen LogP contribution in [-0.4, -0.2) is 40.1 Å². The van der Waals surface area contributed by atoms with Gasteiger partial charge in [-0.05, 0) is 12.8 Å². The molecule has 0 heterocycles. The molecule has 0 aromatic rings. The van der Waals surface area contributed by atoms with E-state index >= 15 is 0 Å². The van der Waals surface area contributed by atoms with Crippen LogP contribution in [0.5, 0.6) is 0 Å². The van der Waals surface area contributed by atoms with E-state index in [1.807, 2.05) is 6.92 Å². The Morgan fingerprint density at radius 3 is 2.33 bits per heavy atom. The topological polar surface area (TPSA) is 130 Å². The number of nitrogens with two attached hydrogens (primary N) is 1. The predicted octanol–water partition coefficient (Wildman–Crippen LogP) is -0.628. The average molecular weight is 260 g/mol. The molecule has 2 unspecified atom stereocenters. The lowest BCUT2D eigenvalue weighted by Crippen LogP contribution is -2.42. The minimum Gasteiger partial charge on any atom is -0.480 e. The number of carboxylic acid groups (broad SMARTS) is 1. The van der Waals surface area contributed by atoms with Gasteiger partial charge in [-0.3, -0.25) is 9.59 Å². The van der Waals surface area contributed by atoms with Gasteiger partial charge in [-0.25, -0.2) is 4.79 Å². The van der Waals surface area contributed by atoms with Gasteiger partial charge in [0.2, 0.25) is 11.8 Å². The van der Waals surface area contributed by atoms with Crippen LogP contribution < -0.4 is 11.1 Å². The average Bonchev–Trinajstić information content (AvgIpc) is 2.23. The summed E-state index contributed by atoms with van der Waals surface area (Å²) in [6, 6.07) is -1.15. The van der Waals surface area contributed by atoms with Gasteiger partial charge in [0.1, 0.15) is 6.04 Å². The van der Waals surface area contributed by atoms with Crippen LogP contribution in [-0.2, 0) is 14.4 Å². The first-order chi connectivity index (χ1) is 8.36. The fraction of sp³-hybridized carbons (Fsp3) is 0.727. The smallest absolute Gasteiger partial charge is 0.326 e. The fourth-order valence-electron chi connectivity index (χ4n) is 1.45. The van der Waals surface area contributed by atoms with Crippen LogP contribution in [0.2, 0.25) is 0 Å². The normalized spacial score (nSPS) is 13.7. The third kappa shape index (κ3) is 7.61. The van der Waals surface area contributed by atoms with Crippen LogP contribution in [0.25, 0.3) is 0 Å². The number of nitrogens with one attached hydrogen (secondary N) is 1. The van der Waals surface area contributed by atoms with Crippen LogP contribution >= 0.6 is 0 Å². The fourth-order valence-corrected chi connectivity index (χ4v) is 1.45. The van der Waals surface area contributed by atoms with Gasteiger partial charge in [0, 0.05) is 6.42 Å². The molecule has 2 atom stereocenters. The largest absolute Gasteiger partial charge is 0.480 e. The Labute approximate surface area is 105 Å². The highest BCUT2D eigenvalue weighted by molar-refractivity contribution is 5.84. The van der Waals surface area contributed by atoms with E-state index in [0.29, 0.717) is 6.42 Å². The number of carboxylic acids is 1. The minimum absolute atomic E-state index is 0.0553.